The van der Waals surface area contributed by atoms with Gasteiger partial charge in [-0.25, -0.2) is 0 Å². The third-order valence-corrected chi connectivity index (χ3v) is 2.30. The molecule has 0 spiro atoms. The van der Waals surface area contributed by atoms with E-state index in [4.69, 9.17) is 4.74 Å². The summed E-state index contributed by atoms with van der Waals surface area (Å²) in [4.78, 5) is 2.26. The number of rotatable bonds is 1. The third-order valence-electron chi connectivity index (χ3n) is 2.30. The van der Waals surface area contributed by atoms with Gasteiger partial charge in [0.25, 0.3) is 0 Å². The lowest BCUT2D eigenvalue weighted by atomic mass is 10.2. The third kappa shape index (κ3) is 1.56. The molecule has 11 heavy (non-hydrogen) atoms. The van der Waals surface area contributed by atoms with E-state index in [9.17, 15) is 0 Å². The molecule has 0 N–H and O–H groups in total. The van der Waals surface area contributed by atoms with Crippen molar-refractivity contribution in [2.45, 2.75) is 31.9 Å². The number of ether oxygens (including phenoxy) is 1. The summed E-state index contributed by atoms with van der Waals surface area (Å²) in [6.45, 7) is 2.04. The van der Waals surface area contributed by atoms with Crippen molar-refractivity contribution in [3.8, 4) is 0 Å². The minimum Gasteiger partial charge on any atom is -0.358 e. The van der Waals surface area contributed by atoms with E-state index < -0.39 is 0 Å². The molecular weight excluding hydrogens is 138 g/mol. The van der Waals surface area contributed by atoms with Gasteiger partial charge in [-0.1, -0.05) is 0 Å². The van der Waals surface area contributed by atoms with E-state index in [2.05, 4.69) is 17.2 Å². The van der Waals surface area contributed by atoms with Crippen LogP contribution in [0.2, 0.25) is 0 Å². The molecule has 2 aliphatic rings. The van der Waals surface area contributed by atoms with E-state index in [1.807, 2.05) is 0 Å². The lowest BCUT2D eigenvalue weighted by molar-refractivity contribution is -0.0620. The lowest BCUT2D eigenvalue weighted by Crippen LogP contribution is -2.34. The molecule has 0 aromatic heterocycles. The minimum atomic E-state index is 0.360. The van der Waals surface area contributed by atoms with Crippen LogP contribution in [0.15, 0.2) is 6.20 Å². The van der Waals surface area contributed by atoms with Crippen molar-refractivity contribution in [2.75, 3.05) is 13.2 Å². The van der Waals surface area contributed by atoms with Gasteiger partial charge in [-0.2, -0.15) is 0 Å². The van der Waals surface area contributed by atoms with Crippen LogP contribution in [0.1, 0.15) is 25.7 Å². The molecule has 0 aliphatic carbocycles. The second-order valence-corrected chi connectivity index (χ2v) is 3.14. The molecule has 2 nitrogen and oxygen atoms in total. The Hall–Kier alpha value is -0.500. The zero-order valence-electron chi connectivity index (χ0n) is 6.75. The van der Waals surface area contributed by atoms with Crippen LogP contribution in [0.5, 0.6) is 0 Å². The molecule has 0 saturated carbocycles. The van der Waals surface area contributed by atoms with Gasteiger partial charge in [0.1, 0.15) is 6.23 Å². The Bertz CT molecular complexity index is 150. The van der Waals surface area contributed by atoms with Gasteiger partial charge in [-0.3, -0.25) is 0 Å². The van der Waals surface area contributed by atoms with E-state index in [-0.39, 0.29) is 0 Å². The standard InChI is InChI=1S/C9H14NO/c1-4-8-11-9(5-1)10-6-2-3-7-10/h7,9H,1-2,4-6,8H2. The molecule has 1 radical (unpaired) electrons. The highest BCUT2D eigenvalue weighted by atomic mass is 16.5. The van der Waals surface area contributed by atoms with Gasteiger partial charge in [-0.15, -0.1) is 0 Å². The molecule has 1 atom stereocenters. The Morgan fingerprint density at radius 1 is 1.45 bits per heavy atom. The highest BCUT2D eigenvalue weighted by Crippen LogP contribution is 2.19. The fraction of sp³-hybridized carbons (Fsp3) is 0.778. The minimum absolute atomic E-state index is 0.360. The van der Waals surface area contributed by atoms with Crippen LogP contribution in [0.3, 0.4) is 0 Å². The quantitative estimate of drug-likeness (QED) is 0.565. The maximum atomic E-state index is 5.62. The Morgan fingerprint density at radius 3 is 3.09 bits per heavy atom. The summed E-state index contributed by atoms with van der Waals surface area (Å²) >= 11 is 0. The Kier molecular flexibility index (Phi) is 2.13. The maximum absolute atomic E-state index is 5.62. The van der Waals surface area contributed by atoms with Crippen LogP contribution >= 0.6 is 0 Å². The molecule has 2 heterocycles. The average Bonchev–Trinajstić information content (AvgIpc) is 2.58. The average molecular weight is 152 g/mol. The van der Waals surface area contributed by atoms with Crippen molar-refractivity contribution in [1.82, 2.24) is 4.90 Å². The number of nitrogens with zero attached hydrogens (tertiary/aromatic N) is 1. The molecule has 0 aromatic carbocycles. The molecule has 2 heteroatoms. The van der Waals surface area contributed by atoms with Gasteiger partial charge in [0.2, 0.25) is 0 Å². The normalized spacial score (nSPS) is 31.3. The summed E-state index contributed by atoms with van der Waals surface area (Å²) in [6.07, 6.45) is 10.4. The molecule has 0 aromatic rings. The Balaban J connectivity index is 1.87. The lowest BCUT2D eigenvalue weighted by Gasteiger charge is -2.30. The summed E-state index contributed by atoms with van der Waals surface area (Å²) in [6, 6.07) is 0. The van der Waals surface area contributed by atoms with Crippen molar-refractivity contribution in [3.05, 3.63) is 12.3 Å². The van der Waals surface area contributed by atoms with Crippen molar-refractivity contribution < 1.29 is 4.74 Å². The molecule has 1 unspecified atom stereocenters. The predicted molar refractivity (Wildman–Crippen MR) is 42.7 cm³/mol. The van der Waals surface area contributed by atoms with Crippen molar-refractivity contribution >= 4 is 0 Å². The van der Waals surface area contributed by atoms with Gasteiger partial charge < -0.3 is 9.64 Å². The maximum Gasteiger partial charge on any atom is 0.129 e. The molecule has 1 saturated heterocycles. The van der Waals surface area contributed by atoms with E-state index >= 15 is 0 Å². The summed E-state index contributed by atoms with van der Waals surface area (Å²) < 4.78 is 5.62. The van der Waals surface area contributed by atoms with Crippen LogP contribution in [0, 0.1) is 6.08 Å². The van der Waals surface area contributed by atoms with E-state index in [0.717, 1.165) is 19.6 Å². The molecule has 1 fully saturated rings. The fourth-order valence-electron chi connectivity index (χ4n) is 1.65. The fourth-order valence-corrected chi connectivity index (χ4v) is 1.65. The van der Waals surface area contributed by atoms with Gasteiger partial charge in [0.05, 0.1) is 0 Å². The first-order valence-corrected chi connectivity index (χ1v) is 4.41. The van der Waals surface area contributed by atoms with Gasteiger partial charge in [-0.05, 0) is 31.8 Å². The molecule has 0 amide bonds. The first-order chi connectivity index (χ1) is 5.47. The van der Waals surface area contributed by atoms with Crippen LogP contribution in [-0.2, 0) is 4.74 Å². The largest absolute Gasteiger partial charge is 0.358 e. The van der Waals surface area contributed by atoms with E-state index in [1.54, 1.807) is 0 Å². The molecular formula is C9H14NO. The van der Waals surface area contributed by atoms with Crippen LogP contribution in [-0.4, -0.2) is 24.3 Å². The summed E-state index contributed by atoms with van der Waals surface area (Å²) in [5.41, 5.74) is 0. The Morgan fingerprint density at radius 2 is 2.45 bits per heavy atom. The highest BCUT2D eigenvalue weighted by molar-refractivity contribution is 4.86. The van der Waals surface area contributed by atoms with Crippen LogP contribution < -0.4 is 0 Å². The van der Waals surface area contributed by atoms with E-state index in [0.29, 0.717) is 6.23 Å². The molecule has 0 bridgehead atoms. The first-order valence-electron chi connectivity index (χ1n) is 4.41. The van der Waals surface area contributed by atoms with Crippen molar-refractivity contribution in [2.24, 2.45) is 0 Å². The first kappa shape index (κ1) is 7.17. The highest BCUT2D eigenvalue weighted by Gasteiger charge is 2.20. The molecule has 2 aliphatic heterocycles. The monoisotopic (exact) mass is 152 g/mol. The number of hydrogen-bond donors (Lipinski definition) is 0. The predicted octanol–water partition coefficient (Wildman–Crippen LogP) is 1.54. The zero-order valence-corrected chi connectivity index (χ0v) is 6.75. The smallest absolute Gasteiger partial charge is 0.129 e. The summed E-state index contributed by atoms with van der Waals surface area (Å²) in [7, 11) is 0. The zero-order chi connectivity index (χ0) is 7.52. The second-order valence-electron chi connectivity index (χ2n) is 3.14. The van der Waals surface area contributed by atoms with Crippen LogP contribution in [0.4, 0.5) is 0 Å². The second kappa shape index (κ2) is 3.26. The summed E-state index contributed by atoms with van der Waals surface area (Å²) in [5.74, 6) is 0. The van der Waals surface area contributed by atoms with Gasteiger partial charge in [0, 0.05) is 19.4 Å². The van der Waals surface area contributed by atoms with Crippen LogP contribution in [0.25, 0.3) is 0 Å². The van der Waals surface area contributed by atoms with Gasteiger partial charge in [0.15, 0.2) is 0 Å². The van der Waals surface area contributed by atoms with Crippen molar-refractivity contribution in [1.29, 1.82) is 0 Å². The van der Waals surface area contributed by atoms with E-state index in [1.165, 1.54) is 19.3 Å². The SMILES string of the molecule is [C]1=CN(C2CCCCO2)CC1. The molecule has 2 rings (SSSR count). The summed E-state index contributed by atoms with van der Waals surface area (Å²) in [5, 5.41) is 0. The van der Waals surface area contributed by atoms with Gasteiger partial charge >= 0.3 is 0 Å². The van der Waals surface area contributed by atoms with Crippen molar-refractivity contribution in [3.63, 3.8) is 0 Å². The topological polar surface area (TPSA) is 12.5 Å². The Labute approximate surface area is 67.8 Å². The molecule has 61 valence electrons. The number of hydrogen-bond acceptors (Lipinski definition) is 2.